The predicted octanol–water partition coefficient (Wildman–Crippen LogP) is 1.82. The molecule has 0 saturated carbocycles. The van der Waals surface area contributed by atoms with E-state index in [1.807, 2.05) is 31.2 Å². The van der Waals surface area contributed by atoms with E-state index in [4.69, 9.17) is 10.8 Å². The maximum absolute atomic E-state index is 9.09. The first-order valence-electron chi connectivity index (χ1n) is 4.90. The zero-order chi connectivity index (χ0) is 11.1. The first-order valence-corrected chi connectivity index (χ1v) is 4.90. The van der Waals surface area contributed by atoms with Crippen molar-refractivity contribution in [2.24, 2.45) is 10.7 Å². The predicted molar refractivity (Wildman–Crippen MR) is 64.2 cm³/mol. The van der Waals surface area contributed by atoms with Crippen molar-refractivity contribution in [3.05, 3.63) is 35.9 Å². The molecule has 0 bridgehead atoms. The summed E-state index contributed by atoms with van der Waals surface area (Å²) in [7, 11) is 0. The molecule has 1 aromatic carbocycles. The Morgan fingerprint density at radius 3 is 2.67 bits per heavy atom. The summed E-state index contributed by atoms with van der Waals surface area (Å²) in [5.41, 5.74) is 7.33. The van der Waals surface area contributed by atoms with Gasteiger partial charge < -0.3 is 10.8 Å². The number of aliphatic imine (C=N–C) groups is 1. The minimum atomic E-state index is 0.278. The quantitative estimate of drug-likeness (QED) is 0.735. The fraction of sp³-hybridized carbons (Fsp3) is 0.250. The van der Waals surface area contributed by atoms with Crippen LogP contribution < -0.4 is 5.73 Å². The number of phenols is 1. The molecule has 0 atom stereocenters. The topological polar surface area (TPSA) is 58.6 Å². The largest absolute Gasteiger partial charge is 0.508 e. The van der Waals surface area contributed by atoms with Crippen molar-refractivity contribution in [3.8, 4) is 5.75 Å². The van der Waals surface area contributed by atoms with Gasteiger partial charge in [-0.15, -0.1) is 0 Å². The molecule has 0 saturated heterocycles. The van der Waals surface area contributed by atoms with Crippen molar-refractivity contribution < 1.29 is 5.11 Å². The molecular weight excluding hydrogens is 188 g/mol. The molecule has 3 heteroatoms. The average molecular weight is 204 g/mol. The van der Waals surface area contributed by atoms with Crippen molar-refractivity contribution in [1.82, 2.24) is 0 Å². The standard InChI is InChI=1S/C12H16N2O/c1-10(14-9-8-13)2-3-11-4-6-12(15)7-5-11/h2-7,15H,8-9,13H2,1H3/b3-2+,14-10?. The van der Waals surface area contributed by atoms with E-state index in [1.54, 1.807) is 12.1 Å². The Kier molecular flexibility index (Phi) is 4.57. The number of hydrogen-bond donors (Lipinski definition) is 2. The van der Waals surface area contributed by atoms with Gasteiger partial charge in [0.25, 0.3) is 0 Å². The molecule has 1 aromatic rings. The van der Waals surface area contributed by atoms with Crippen LogP contribution in [0.2, 0.25) is 0 Å². The number of aromatic hydroxyl groups is 1. The zero-order valence-corrected chi connectivity index (χ0v) is 8.85. The van der Waals surface area contributed by atoms with Crippen LogP contribution in [0.15, 0.2) is 35.3 Å². The molecule has 0 spiro atoms. The minimum Gasteiger partial charge on any atom is -0.508 e. The van der Waals surface area contributed by atoms with E-state index >= 15 is 0 Å². The van der Waals surface area contributed by atoms with E-state index < -0.39 is 0 Å². The second-order valence-electron chi connectivity index (χ2n) is 3.24. The number of hydrogen-bond acceptors (Lipinski definition) is 3. The normalized spacial score (nSPS) is 12.3. The highest BCUT2D eigenvalue weighted by molar-refractivity contribution is 5.96. The van der Waals surface area contributed by atoms with Crippen molar-refractivity contribution in [3.63, 3.8) is 0 Å². The molecule has 0 aliphatic rings. The molecule has 0 aromatic heterocycles. The van der Waals surface area contributed by atoms with Gasteiger partial charge in [0.05, 0.1) is 6.54 Å². The average Bonchev–Trinajstić information content (AvgIpc) is 2.25. The van der Waals surface area contributed by atoms with Gasteiger partial charge in [-0.2, -0.15) is 0 Å². The van der Waals surface area contributed by atoms with Crippen LogP contribution in [0, 0.1) is 0 Å². The molecule has 0 fully saturated rings. The van der Waals surface area contributed by atoms with Crippen molar-refractivity contribution in [2.75, 3.05) is 13.1 Å². The van der Waals surface area contributed by atoms with Gasteiger partial charge in [-0.25, -0.2) is 0 Å². The van der Waals surface area contributed by atoms with Crippen LogP contribution in [0.25, 0.3) is 6.08 Å². The molecule has 0 aliphatic carbocycles. The summed E-state index contributed by atoms with van der Waals surface area (Å²) in [6.07, 6.45) is 3.89. The van der Waals surface area contributed by atoms with E-state index in [9.17, 15) is 0 Å². The van der Waals surface area contributed by atoms with Crippen LogP contribution in [0.4, 0.5) is 0 Å². The summed E-state index contributed by atoms with van der Waals surface area (Å²) >= 11 is 0. The number of benzene rings is 1. The van der Waals surface area contributed by atoms with Gasteiger partial charge in [-0.1, -0.05) is 18.2 Å². The molecule has 0 heterocycles. The van der Waals surface area contributed by atoms with Gasteiger partial charge in [-0.05, 0) is 30.7 Å². The van der Waals surface area contributed by atoms with Gasteiger partial charge in [0, 0.05) is 12.3 Å². The zero-order valence-electron chi connectivity index (χ0n) is 8.85. The van der Waals surface area contributed by atoms with Gasteiger partial charge in [0.2, 0.25) is 0 Å². The first-order chi connectivity index (χ1) is 7.22. The van der Waals surface area contributed by atoms with Gasteiger partial charge in [-0.3, -0.25) is 4.99 Å². The lowest BCUT2D eigenvalue weighted by molar-refractivity contribution is 0.475. The third-order valence-electron chi connectivity index (χ3n) is 1.90. The molecule has 1 rings (SSSR count). The lowest BCUT2D eigenvalue weighted by Gasteiger charge is -1.95. The van der Waals surface area contributed by atoms with E-state index in [-0.39, 0.29) is 5.75 Å². The monoisotopic (exact) mass is 204 g/mol. The van der Waals surface area contributed by atoms with Crippen LogP contribution in [-0.2, 0) is 0 Å². The van der Waals surface area contributed by atoms with Crippen LogP contribution in [0.3, 0.4) is 0 Å². The Labute approximate surface area is 90.0 Å². The summed E-state index contributed by atoms with van der Waals surface area (Å²) < 4.78 is 0. The Bertz CT molecular complexity index is 352. The highest BCUT2D eigenvalue weighted by atomic mass is 16.3. The third-order valence-corrected chi connectivity index (χ3v) is 1.90. The number of rotatable bonds is 4. The number of allylic oxidation sites excluding steroid dienone is 1. The van der Waals surface area contributed by atoms with E-state index in [2.05, 4.69) is 4.99 Å². The van der Waals surface area contributed by atoms with Crippen LogP contribution in [0.5, 0.6) is 5.75 Å². The molecule has 0 radical (unpaired) electrons. The molecule has 15 heavy (non-hydrogen) atoms. The highest BCUT2D eigenvalue weighted by Gasteiger charge is 1.88. The van der Waals surface area contributed by atoms with E-state index in [1.165, 1.54) is 0 Å². The molecule has 0 amide bonds. The van der Waals surface area contributed by atoms with Crippen LogP contribution in [-0.4, -0.2) is 23.9 Å². The SMILES string of the molecule is CC(/C=C/c1ccc(O)cc1)=NCCN. The molecular formula is C12H16N2O. The number of nitrogens with zero attached hydrogens (tertiary/aromatic N) is 1. The first kappa shape index (κ1) is 11.5. The Morgan fingerprint density at radius 2 is 2.07 bits per heavy atom. The third kappa shape index (κ3) is 4.42. The second-order valence-corrected chi connectivity index (χ2v) is 3.24. The molecule has 3 N–H and O–H groups in total. The number of phenolic OH excluding ortho intramolecular Hbond substituents is 1. The second kappa shape index (κ2) is 5.98. The van der Waals surface area contributed by atoms with Crippen molar-refractivity contribution >= 4 is 11.8 Å². The summed E-state index contributed by atoms with van der Waals surface area (Å²) in [4.78, 5) is 4.23. The fourth-order valence-electron chi connectivity index (χ4n) is 1.10. The maximum Gasteiger partial charge on any atom is 0.115 e. The molecule has 80 valence electrons. The van der Waals surface area contributed by atoms with Gasteiger partial charge >= 0.3 is 0 Å². The minimum absolute atomic E-state index is 0.278. The maximum atomic E-state index is 9.09. The Morgan fingerprint density at radius 1 is 1.40 bits per heavy atom. The summed E-state index contributed by atoms with van der Waals surface area (Å²) in [5.74, 6) is 0.278. The van der Waals surface area contributed by atoms with Gasteiger partial charge in [0.15, 0.2) is 0 Å². The Hall–Kier alpha value is -1.61. The number of nitrogens with two attached hydrogens (primary N) is 1. The summed E-state index contributed by atoms with van der Waals surface area (Å²) in [6.45, 7) is 3.17. The molecule has 0 unspecified atom stereocenters. The molecule has 0 aliphatic heterocycles. The summed E-state index contributed by atoms with van der Waals surface area (Å²) in [6, 6.07) is 7.02. The van der Waals surface area contributed by atoms with Crippen molar-refractivity contribution in [1.29, 1.82) is 0 Å². The smallest absolute Gasteiger partial charge is 0.115 e. The van der Waals surface area contributed by atoms with Gasteiger partial charge in [0.1, 0.15) is 5.75 Å². The van der Waals surface area contributed by atoms with E-state index in [0.717, 1.165) is 11.3 Å². The lowest BCUT2D eigenvalue weighted by Crippen LogP contribution is -2.03. The summed E-state index contributed by atoms with van der Waals surface area (Å²) in [5, 5.41) is 9.09. The molecule has 3 nitrogen and oxygen atoms in total. The van der Waals surface area contributed by atoms with Crippen LogP contribution >= 0.6 is 0 Å². The van der Waals surface area contributed by atoms with Crippen molar-refractivity contribution in [2.45, 2.75) is 6.92 Å². The fourth-order valence-corrected chi connectivity index (χ4v) is 1.10. The Balaban J connectivity index is 2.61. The highest BCUT2D eigenvalue weighted by Crippen LogP contribution is 2.10. The van der Waals surface area contributed by atoms with Crippen LogP contribution in [0.1, 0.15) is 12.5 Å². The van der Waals surface area contributed by atoms with E-state index in [0.29, 0.717) is 13.1 Å². The lowest BCUT2D eigenvalue weighted by atomic mass is 10.2.